The van der Waals surface area contributed by atoms with E-state index in [4.69, 9.17) is 9.31 Å². The molecule has 0 heterocycles. The van der Waals surface area contributed by atoms with E-state index in [1.54, 1.807) is 36.4 Å². The summed E-state index contributed by atoms with van der Waals surface area (Å²) in [5, 5.41) is 36.8. The molecular weight excluding hydrogens is 273 g/mol. The number of benzene rings is 2. The van der Waals surface area contributed by atoms with E-state index < -0.39 is 14.2 Å². The van der Waals surface area contributed by atoms with Crippen LogP contribution in [0.5, 0.6) is 11.5 Å². The zero-order valence-corrected chi connectivity index (χ0v) is 11.1. The largest absolute Gasteiger partial charge is 0.576 e. The first-order valence-electron chi connectivity index (χ1n) is 6.25. The molecule has 0 fully saturated rings. The van der Waals surface area contributed by atoms with Gasteiger partial charge in [0.15, 0.2) is 0 Å². The summed E-state index contributed by atoms with van der Waals surface area (Å²) in [7, 11) is -3.51. The minimum absolute atomic E-state index is 0.215. The van der Waals surface area contributed by atoms with Crippen LogP contribution in [0, 0.1) is 0 Å². The first kappa shape index (κ1) is 15.5. The maximum Gasteiger partial charge on any atom is 0.576 e. The van der Waals surface area contributed by atoms with Crippen molar-refractivity contribution in [1.82, 2.24) is 0 Å². The van der Waals surface area contributed by atoms with Crippen molar-refractivity contribution < 1.29 is 29.4 Å². The molecule has 0 radical (unpaired) electrons. The van der Waals surface area contributed by atoms with E-state index in [2.05, 4.69) is 0 Å². The molecule has 0 bridgehead atoms. The molecule has 0 aliphatic rings. The van der Waals surface area contributed by atoms with E-state index in [1.807, 2.05) is 0 Å². The molecule has 106 valence electrons. The lowest BCUT2D eigenvalue weighted by atomic mass is 9.79. The Morgan fingerprint density at radius 2 is 1.05 bits per heavy atom. The quantitative estimate of drug-likeness (QED) is 0.449. The molecule has 2 aromatic carbocycles. The summed E-state index contributed by atoms with van der Waals surface area (Å²) >= 11 is 0. The van der Waals surface area contributed by atoms with Gasteiger partial charge in [0.1, 0.15) is 11.5 Å². The van der Waals surface area contributed by atoms with Gasteiger partial charge < -0.3 is 29.4 Å². The minimum Gasteiger partial charge on any atom is -0.529 e. The van der Waals surface area contributed by atoms with Crippen LogP contribution < -0.4 is 20.2 Å². The Kier molecular flexibility index (Phi) is 5.29. The fourth-order valence-corrected chi connectivity index (χ4v) is 1.81. The molecule has 0 aliphatic carbocycles. The molecule has 9 heteroatoms. The van der Waals surface area contributed by atoms with Crippen molar-refractivity contribution in [2.45, 2.75) is 0 Å². The van der Waals surface area contributed by atoms with Crippen LogP contribution in [0.25, 0.3) is 0 Å². The average Bonchev–Trinajstić information content (AvgIpc) is 2.48. The van der Waals surface area contributed by atoms with E-state index in [9.17, 15) is 20.1 Å². The monoisotopic (exact) mass is 286 g/mol. The summed E-state index contributed by atoms with van der Waals surface area (Å²) in [6.07, 6.45) is 0. The molecule has 2 rings (SSSR count). The van der Waals surface area contributed by atoms with E-state index >= 15 is 0 Å². The molecule has 0 unspecified atom stereocenters. The highest BCUT2D eigenvalue weighted by Gasteiger charge is 2.19. The van der Waals surface area contributed by atoms with Crippen molar-refractivity contribution >= 4 is 32.8 Å². The van der Waals surface area contributed by atoms with Crippen LogP contribution in [0.15, 0.2) is 48.5 Å². The maximum absolute atomic E-state index is 9.21. The molecular formula is C12H13B3O6. The first-order valence-corrected chi connectivity index (χ1v) is 6.25. The summed E-state index contributed by atoms with van der Waals surface area (Å²) in [4.78, 5) is 0. The Morgan fingerprint density at radius 3 is 1.43 bits per heavy atom. The summed E-state index contributed by atoms with van der Waals surface area (Å²) in [5.74, 6) is 0.545. The van der Waals surface area contributed by atoms with Crippen LogP contribution in [0.4, 0.5) is 0 Å². The van der Waals surface area contributed by atoms with Gasteiger partial charge in [-0.2, -0.15) is 0 Å². The van der Waals surface area contributed by atoms with Crippen LogP contribution in [-0.2, 0) is 0 Å². The lowest BCUT2D eigenvalue weighted by Crippen LogP contribution is -2.34. The standard InChI is InChI=1S/C12H13B3O6/c16-14(17)9-5-1-3-7-11(9)20-13-21-12-8-4-2-6-10(12)15(18)19/h1-8,13,16-19H. The van der Waals surface area contributed by atoms with E-state index in [0.29, 0.717) is 0 Å². The Hall–Kier alpha value is -1.93. The van der Waals surface area contributed by atoms with Gasteiger partial charge in [0.05, 0.1) is 0 Å². The normalized spacial score (nSPS) is 9.90. The van der Waals surface area contributed by atoms with Crippen molar-refractivity contribution in [2.24, 2.45) is 0 Å². The van der Waals surface area contributed by atoms with Crippen molar-refractivity contribution in [3.63, 3.8) is 0 Å². The van der Waals surface area contributed by atoms with E-state index in [1.165, 1.54) is 12.1 Å². The zero-order chi connectivity index (χ0) is 15.2. The second kappa shape index (κ2) is 7.19. The Bertz CT molecular complexity index is 541. The fraction of sp³-hybridized carbons (Fsp3) is 0. The molecule has 4 N–H and O–H groups in total. The van der Waals surface area contributed by atoms with Crippen molar-refractivity contribution in [1.29, 1.82) is 0 Å². The maximum atomic E-state index is 9.21. The highest BCUT2D eigenvalue weighted by Crippen LogP contribution is 2.09. The van der Waals surface area contributed by atoms with Gasteiger partial charge in [-0.15, -0.1) is 0 Å². The summed E-state index contributed by atoms with van der Waals surface area (Å²) in [6, 6.07) is 12.9. The van der Waals surface area contributed by atoms with E-state index in [-0.39, 0.29) is 30.1 Å². The lowest BCUT2D eigenvalue weighted by Gasteiger charge is -2.13. The van der Waals surface area contributed by atoms with Gasteiger partial charge in [0, 0.05) is 10.9 Å². The SMILES string of the molecule is OB(O)c1ccccc1OBOc1ccccc1B(O)O. The second-order valence-corrected chi connectivity index (χ2v) is 4.23. The Balaban J connectivity index is 2.03. The van der Waals surface area contributed by atoms with E-state index in [0.717, 1.165) is 0 Å². The number of hydrogen-bond donors (Lipinski definition) is 4. The first-order chi connectivity index (χ1) is 10.1. The third kappa shape index (κ3) is 4.02. The summed E-state index contributed by atoms with van der Waals surface area (Å²) < 4.78 is 10.7. The fourth-order valence-electron chi connectivity index (χ4n) is 1.81. The van der Waals surface area contributed by atoms with Crippen molar-refractivity contribution in [3.05, 3.63) is 48.5 Å². The molecule has 0 saturated heterocycles. The van der Waals surface area contributed by atoms with Gasteiger partial charge >= 0.3 is 21.9 Å². The zero-order valence-electron chi connectivity index (χ0n) is 11.1. The number of hydrogen-bond acceptors (Lipinski definition) is 6. The van der Waals surface area contributed by atoms with Crippen LogP contribution in [-0.4, -0.2) is 42.0 Å². The Morgan fingerprint density at radius 1 is 0.667 bits per heavy atom. The smallest absolute Gasteiger partial charge is 0.529 e. The van der Waals surface area contributed by atoms with Gasteiger partial charge in [-0.3, -0.25) is 0 Å². The molecule has 0 aromatic heterocycles. The summed E-state index contributed by atoms with van der Waals surface area (Å²) in [6.45, 7) is 0. The molecule has 0 spiro atoms. The highest BCUT2D eigenvalue weighted by molar-refractivity contribution is 6.60. The van der Waals surface area contributed by atoms with Crippen LogP contribution in [0.3, 0.4) is 0 Å². The average molecular weight is 286 g/mol. The molecule has 0 atom stereocenters. The lowest BCUT2D eigenvalue weighted by molar-refractivity contribution is 0.419. The van der Waals surface area contributed by atoms with Crippen LogP contribution in [0.2, 0.25) is 0 Å². The highest BCUT2D eigenvalue weighted by atomic mass is 16.6. The predicted molar refractivity (Wildman–Crippen MR) is 80.9 cm³/mol. The topological polar surface area (TPSA) is 99.4 Å². The second-order valence-electron chi connectivity index (χ2n) is 4.23. The minimum atomic E-state index is -1.65. The third-order valence-electron chi connectivity index (χ3n) is 2.82. The predicted octanol–water partition coefficient (Wildman–Crippen LogP) is -2.23. The molecule has 0 aliphatic heterocycles. The third-order valence-corrected chi connectivity index (χ3v) is 2.82. The van der Waals surface area contributed by atoms with Crippen LogP contribution >= 0.6 is 0 Å². The molecule has 6 nitrogen and oxygen atoms in total. The molecule has 0 amide bonds. The van der Waals surface area contributed by atoms with Gasteiger partial charge in [-0.25, -0.2) is 0 Å². The Labute approximate surface area is 123 Å². The van der Waals surface area contributed by atoms with Gasteiger partial charge in [0.25, 0.3) is 0 Å². The van der Waals surface area contributed by atoms with Crippen molar-refractivity contribution in [2.75, 3.05) is 0 Å². The molecule has 21 heavy (non-hydrogen) atoms. The van der Waals surface area contributed by atoms with Gasteiger partial charge in [0.2, 0.25) is 0 Å². The molecule has 2 aromatic rings. The molecule has 0 saturated carbocycles. The van der Waals surface area contributed by atoms with Crippen molar-refractivity contribution in [3.8, 4) is 11.5 Å². The van der Waals surface area contributed by atoms with Crippen LogP contribution in [0.1, 0.15) is 0 Å². The number of rotatable bonds is 6. The summed E-state index contributed by atoms with van der Waals surface area (Å²) in [5.41, 5.74) is 0.438. The number of para-hydroxylation sites is 2. The van der Waals surface area contributed by atoms with Gasteiger partial charge in [-0.1, -0.05) is 36.4 Å². The van der Waals surface area contributed by atoms with Gasteiger partial charge in [-0.05, 0) is 12.1 Å².